The van der Waals surface area contributed by atoms with E-state index in [1.165, 1.54) is 12.8 Å². The Morgan fingerprint density at radius 1 is 1.20 bits per heavy atom. The smallest absolute Gasteiger partial charge is 0.268 e. The van der Waals surface area contributed by atoms with Crippen molar-refractivity contribution in [2.75, 3.05) is 0 Å². The maximum Gasteiger partial charge on any atom is 0.268 e. The van der Waals surface area contributed by atoms with Crippen LogP contribution in [0.1, 0.15) is 18.4 Å². The molecule has 1 aliphatic rings. The van der Waals surface area contributed by atoms with Crippen molar-refractivity contribution in [2.24, 2.45) is 5.92 Å². The number of hydrogen-bond donors (Lipinski definition) is 0. The van der Waals surface area contributed by atoms with Crippen molar-refractivity contribution in [3.05, 3.63) is 63.0 Å². The predicted molar refractivity (Wildman–Crippen MR) is 81.9 cm³/mol. The second kappa shape index (κ2) is 5.83. The summed E-state index contributed by atoms with van der Waals surface area (Å²) in [5, 5.41) is 0. The average Bonchev–Trinajstić information content (AvgIpc) is 3.28. The number of benzene rings is 1. The predicted octanol–water partition coefficient (Wildman–Crippen LogP) is 3.60. The van der Waals surface area contributed by atoms with Gasteiger partial charge < -0.3 is 9.30 Å². The Labute approximate surface area is 126 Å². The molecule has 3 rings (SSSR count). The van der Waals surface area contributed by atoms with Gasteiger partial charge in [-0.1, -0.05) is 30.3 Å². The van der Waals surface area contributed by atoms with Crippen LogP contribution in [0.2, 0.25) is 0 Å². The molecule has 0 amide bonds. The minimum atomic E-state index is -0.0116. The molecule has 0 spiro atoms. The largest absolute Gasteiger partial charge is 0.487 e. The molecule has 20 heavy (non-hydrogen) atoms. The van der Waals surface area contributed by atoms with Gasteiger partial charge in [0.15, 0.2) is 0 Å². The summed E-state index contributed by atoms with van der Waals surface area (Å²) in [6.07, 6.45) is 4.29. The lowest BCUT2D eigenvalue weighted by molar-refractivity contribution is 0.302. The highest BCUT2D eigenvalue weighted by Gasteiger charge is 2.22. The molecule has 2 aromatic rings. The van der Waals surface area contributed by atoms with Crippen LogP contribution in [0.25, 0.3) is 0 Å². The van der Waals surface area contributed by atoms with E-state index in [4.69, 9.17) is 4.74 Å². The Bertz CT molecular complexity index is 647. The van der Waals surface area contributed by atoms with Crippen LogP contribution in [-0.4, -0.2) is 4.57 Å². The average molecular weight is 334 g/mol. The number of nitrogens with zero attached hydrogens (tertiary/aromatic N) is 1. The van der Waals surface area contributed by atoms with Gasteiger partial charge in [0.1, 0.15) is 16.8 Å². The number of hydrogen-bond acceptors (Lipinski definition) is 2. The van der Waals surface area contributed by atoms with Crippen LogP contribution in [0.4, 0.5) is 0 Å². The summed E-state index contributed by atoms with van der Waals surface area (Å²) in [5.41, 5.74) is 1.07. The number of rotatable bonds is 5. The summed E-state index contributed by atoms with van der Waals surface area (Å²) in [5.74, 6) is 1.28. The molecule has 1 fully saturated rings. The van der Waals surface area contributed by atoms with Crippen molar-refractivity contribution in [1.82, 2.24) is 4.57 Å². The monoisotopic (exact) mass is 333 g/mol. The van der Waals surface area contributed by atoms with E-state index in [-0.39, 0.29) is 5.56 Å². The van der Waals surface area contributed by atoms with E-state index in [0.29, 0.717) is 22.7 Å². The van der Waals surface area contributed by atoms with E-state index < -0.39 is 0 Å². The standard InChI is InChI=1S/C16H16BrNO2/c17-15-14(20-11-13-4-2-1-3-5-13)8-9-18(16(15)19)10-12-6-7-12/h1-5,8-9,12H,6-7,10-11H2. The van der Waals surface area contributed by atoms with Crippen LogP contribution in [0.5, 0.6) is 5.75 Å². The van der Waals surface area contributed by atoms with Crippen molar-refractivity contribution < 1.29 is 4.74 Å². The molecule has 1 aliphatic carbocycles. The van der Waals surface area contributed by atoms with E-state index in [9.17, 15) is 4.79 Å². The molecular formula is C16H16BrNO2. The molecule has 1 heterocycles. The first-order chi connectivity index (χ1) is 9.74. The Hall–Kier alpha value is -1.55. The SMILES string of the molecule is O=c1c(Br)c(OCc2ccccc2)ccn1CC1CC1. The molecule has 0 radical (unpaired) electrons. The minimum Gasteiger partial charge on any atom is -0.487 e. The second-order valence-electron chi connectivity index (χ2n) is 5.17. The summed E-state index contributed by atoms with van der Waals surface area (Å²) in [6, 6.07) is 11.8. The normalized spacial score (nSPS) is 14.2. The van der Waals surface area contributed by atoms with Gasteiger partial charge >= 0.3 is 0 Å². The van der Waals surface area contributed by atoms with Crippen molar-refractivity contribution in [3.63, 3.8) is 0 Å². The molecule has 0 unspecified atom stereocenters. The minimum absolute atomic E-state index is 0.0116. The topological polar surface area (TPSA) is 31.2 Å². The molecular weight excluding hydrogens is 318 g/mol. The third-order valence-electron chi connectivity index (χ3n) is 3.46. The quantitative estimate of drug-likeness (QED) is 0.837. The van der Waals surface area contributed by atoms with Gasteiger partial charge in [0.25, 0.3) is 5.56 Å². The summed E-state index contributed by atoms with van der Waals surface area (Å²) in [7, 11) is 0. The first-order valence-corrected chi connectivity index (χ1v) is 7.59. The Morgan fingerprint density at radius 2 is 1.95 bits per heavy atom. The van der Waals surface area contributed by atoms with Gasteiger partial charge in [-0.15, -0.1) is 0 Å². The molecule has 0 N–H and O–H groups in total. The molecule has 4 heteroatoms. The molecule has 1 aromatic carbocycles. The van der Waals surface area contributed by atoms with Crippen LogP contribution in [-0.2, 0) is 13.2 Å². The third kappa shape index (κ3) is 3.12. The lowest BCUT2D eigenvalue weighted by atomic mass is 10.2. The fraction of sp³-hybridized carbons (Fsp3) is 0.312. The fourth-order valence-corrected chi connectivity index (χ4v) is 2.57. The molecule has 0 saturated heterocycles. The van der Waals surface area contributed by atoms with Gasteiger partial charge in [-0.2, -0.15) is 0 Å². The highest BCUT2D eigenvalue weighted by Crippen LogP contribution is 2.30. The summed E-state index contributed by atoms with van der Waals surface area (Å²) in [6.45, 7) is 1.28. The van der Waals surface area contributed by atoms with Crippen molar-refractivity contribution in [1.29, 1.82) is 0 Å². The van der Waals surface area contributed by atoms with E-state index >= 15 is 0 Å². The van der Waals surface area contributed by atoms with Crippen LogP contribution in [0.3, 0.4) is 0 Å². The second-order valence-corrected chi connectivity index (χ2v) is 5.96. The van der Waals surface area contributed by atoms with E-state index in [1.54, 1.807) is 4.57 Å². The van der Waals surface area contributed by atoms with Crippen molar-refractivity contribution in [2.45, 2.75) is 26.0 Å². The zero-order chi connectivity index (χ0) is 13.9. The summed E-state index contributed by atoms with van der Waals surface area (Å²) >= 11 is 3.36. The fourth-order valence-electron chi connectivity index (χ4n) is 2.10. The van der Waals surface area contributed by atoms with Crippen molar-refractivity contribution >= 4 is 15.9 Å². The highest BCUT2D eigenvalue weighted by atomic mass is 79.9. The maximum atomic E-state index is 12.2. The lowest BCUT2D eigenvalue weighted by Crippen LogP contribution is -2.21. The molecule has 104 valence electrons. The van der Waals surface area contributed by atoms with Crippen LogP contribution in [0, 0.1) is 5.92 Å². The van der Waals surface area contributed by atoms with E-state index in [2.05, 4.69) is 15.9 Å². The molecule has 0 bridgehead atoms. The lowest BCUT2D eigenvalue weighted by Gasteiger charge is -2.10. The molecule has 1 saturated carbocycles. The number of halogens is 1. The van der Waals surface area contributed by atoms with Crippen molar-refractivity contribution in [3.8, 4) is 5.75 Å². The van der Waals surface area contributed by atoms with Crippen LogP contribution in [0.15, 0.2) is 51.9 Å². The zero-order valence-corrected chi connectivity index (χ0v) is 12.7. The summed E-state index contributed by atoms with van der Waals surface area (Å²) < 4.78 is 7.99. The maximum absolute atomic E-state index is 12.2. The van der Waals surface area contributed by atoms with Gasteiger partial charge in [0, 0.05) is 12.7 Å². The Kier molecular flexibility index (Phi) is 3.92. The highest BCUT2D eigenvalue weighted by molar-refractivity contribution is 9.10. The number of pyridine rings is 1. The van der Waals surface area contributed by atoms with Gasteiger partial charge in [-0.3, -0.25) is 4.79 Å². The first kappa shape index (κ1) is 13.4. The molecule has 3 nitrogen and oxygen atoms in total. The van der Waals surface area contributed by atoms with E-state index in [0.717, 1.165) is 12.1 Å². The number of ether oxygens (including phenoxy) is 1. The summed E-state index contributed by atoms with van der Waals surface area (Å²) in [4.78, 5) is 12.2. The van der Waals surface area contributed by atoms with Crippen LogP contribution < -0.4 is 10.3 Å². The zero-order valence-electron chi connectivity index (χ0n) is 11.1. The van der Waals surface area contributed by atoms with Crippen LogP contribution >= 0.6 is 15.9 Å². The molecule has 0 aliphatic heterocycles. The van der Waals surface area contributed by atoms with Gasteiger partial charge in [0.2, 0.25) is 0 Å². The third-order valence-corrected chi connectivity index (χ3v) is 4.19. The van der Waals surface area contributed by atoms with Gasteiger partial charge in [0.05, 0.1) is 0 Å². The van der Waals surface area contributed by atoms with Gasteiger partial charge in [-0.05, 0) is 46.3 Å². The Balaban J connectivity index is 1.73. The number of aromatic nitrogens is 1. The van der Waals surface area contributed by atoms with E-state index in [1.807, 2.05) is 42.6 Å². The Morgan fingerprint density at radius 3 is 2.65 bits per heavy atom. The first-order valence-electron chi connectivity index (χ1n) is 6.79. The molecule has 0 atom stereocenters. The van der Waals surface area contributed by atoms with Gasteiger partial charge in [-0.25, -0.2) is 0 Å². The molecule has 1 aromatic heterocycles.